The Morgan fingerprint density at radius 1 is 1.12 bits per heavy atom. The van der Waals surface area contributed by atoms with Crippen LogP contribution in [0, 0.1) is 0 Å². The van der Waals surface area contributed by atoms with Gasteiger partial charge in [-0.15, -0.1) is 0 Å². The number of hydrogen-bond acceptors (Lipinski definition) is 5. The van der Waals surface area contributed by atoms with Crippen molar-refractivity contribution in [3.8, 4) is 0 Å². The molecule has 0 aliphatic rings. The molecule has 0 aliphatic heterocycles. The first-order valence-electron chi connectivity index (χ1n) is 5.47. The van der Waals surface area contributed by atoms with E-state index in [2.05, 4.69) is 0 Å². The van der Waals surface area contributed by atoms with Crippen LogP contribution in [0.3, 0.4) is 0 Å². The first-order chi connectivity index (χ1) is 7.99. The van der Waals surface area contributed by atoms with Gasteiger partial charge >= 0.3 is 8.80 Å². The van der Waals surface area contributed by atoms with Crippen LogP contribution in [0.5, 0.6) is 0 Å². The van der Waals surface area contributed by atoms with Crippen molar-refractivity contribution in [3.05, 3.63) is 35.9 Å². The molecule has 17 heavy (non-hydrogen) atoms. The molecule has 0 aliphatic carbocycles. The highest BCUT2D eigenvalue weighted by Gasteiger charge is 2.25. The number of aliphatic hydroxyl groups is 1. The molecule has 0 spiro atoms. The Bertz CT molecular complexity index is 315. The molecule has 4 nitrogen and oxygen atoms in total. The molecule has 0 fully saturated rings. The van der Waals surface area contributed by atoms with E-state index in [-0.39, 0.29) is 6.04 Å². The summed E-state index contributed by atoms with van der Waals surface area (Å²) in [5.41, 5.74) is 0.884. The fourth-order valence-corrected chi connectivity index (χ4v) is 3.22. The van der Waals surface area contributed by atoms with E-state index in [1.807, 2.05) is 30.3 Å². The molecule has 0 saturated carbocycles. The lowest BCUT2D eigenvalue weighted by molar-refractivity contribution is 0.204. The molecule has 0 heterocycles. The highest BCUT2D eigenvalue weighted by Crippen LogP contribution is 2.19. The minimum Gasteiger partial charge on any atom is -0.390 e. The van der Waals surface area contributed by atoms with Crippen molar-refractivity contribution in [2.24, 2.45) is 0 Å². The van der Waals surface area contributed by atoms with Gasteiger partial charge in [0, 0.05) is 11.8 Å². The van der Waals surface area contributed by atoms with E-state index < -0.39 is 14.9 Å². The van der Waals surface area contributed by atoms with Crippen LogP contribution >= 0.6 is 11.8 Å². The lowest BCUT2D eigenvalue weighted by Gasteiger charge is -2.11. The molecule has 0 radical (unpaired) electrons. The van der Waals surface area contributed by atoms with Crippen LogP contribution in [0.1, 0.15) is 18.1 Å². The standard InChI is InChI=1S/C11H18O4SSi/c12-11(10-5-2-1-3-6-10)9-16-7-4-8-17(13,14)15/h1-3,5-6,11-15H,4,7-9H2/t11-/m0/s1. The van der Waals surface area contributed by atoms with Crippen molar-refractivity contribution in [1.82, 2.24) is 0 Å². The van der Waals surface area contributed by atoms with Crippen molar-refractivity contribution < 1.29 is 19.5 Å². The summed E-state index contributed by atoms with van der Waals surface area (Å²) in [6.45, 7) is 0. The van der Waals surface area contributed by atoms with Gasteiger partial charge in [0.25, 0.3) is 0 Å². The molecule has 0 unspecified atom stereocenters. The molecule has 0 amide bonds. The molecule has 1 aromatic rings. The van der Waals surface area contributed by atoms with Crippen LogP contribution in [-0.2, 0) is 0 Å². The average Bonchev–Trinajstić information content (AvgIpc) is 2.28. The molecule has 96 valence electrons. The third kappa shape index (κ3) is 6.82. The summed E-state index contributed by atoms with van der Waals surface area (Å²) >= 11 is 1.54. The van der Waals surface area contributed by atoms with E-state index in [1.54, 1.807) is 0 Å². The Morgan fingerprint density at radius 3 is 2.35 bits per heavy atom. The Labute approximate surface area is 106 Å². The summed E-state index contributed by atoms with van der Waals surface area (Å²) in [5.74, 6) is 1.27. The number of aliphatic hydroxyl groups excluding tert-OH is 1. The molecule has 1 atom stereocenters. The molecule has 0 bridgehead atoms. The molecular weight excluding hydrogens is 256 g/mol. The van der Waals surface area contributed by atoms with E-state index in [9.17, 15) is 5.11 Å². The predicted molar refractivity (Wildman–Crippen MR) is 70.6 cm³/mol. The van der Waals surface area contributed by atoms with Gasteiger partial charge in [0.1, 0.15) is 0 Å². The van der Waals surface area contributed by atoms with Gasteiger partial charge < -0.3 is 19.5 Å². The number of thioether (sulfide) groups is 1. The van der Waals surface area contributed by atoms with Crippen LogP contribution in [0.15, 0.2) is 30.3 Å². The number of rotatable bonds is 7. The van der Waals surface area contributed by atoms with E-state index in [4.69, 9.17) is 14.4 Å². The average molecular weight is 274 g/mol. The molecule has 4 N–H and O–H groups in total. The zero-order valence-corrected chi connectivity index (χ0v) is 11.3. The zero-order chi connectivity index (χ0) is 12.7. The second kappa shape index (κ2) is 7.15. The maximum atomic E-state index is 9.82. The van der Waals surface area contributed by atoms with Gasteiger partial charge in [0.15, 0.2) is 0 Å². The molecular formula is C11H18O4SSi. The van der Waals surface area contributed by atoms with Crippen molar-refractivity contribution in [2.75, 3.05) is 11.5 Å². The van der Waals surface area contributed by atoms with Crippen molar-refractivity contribution in [3.63, 3.8) is 0 Å². The SMILES string of the molecule is O[C@@H](CSCCC[Si](O)(O)O)c1ccccc1. The lowest BCUT2D eigenvalue weighted by Crippen LogP contribution is -2.34. The summed E-state index contributed by atoms with van der Waals surface area (Å²) in [6.07, 6.45) is 0.0441. The van der Waals surface area contributed by atoms with Crippen molar-refractivity contribution in [2.45, 2.75) is 18.6 Å². The van der Waals surface area contributed by atoms with Crippen LogP contribution in [0.4, 0.5) is 0 Å². The second-order valence-corrected chi connectivity index (χ2v) is 7.08. The van der Waals surface area contributed by atoms with Gasteiger partial charge in [-0.2, -0.15) is 11.8 Å². The van der Waals surface area contributed by atoms with E-state index in [0.717, 1.165) is 5.56 Å². The topological polar surface area (TPSA) is 80.9 Å². The summed E-state index contributed by atoms with van der Waals surface area (Å²) in [4.78, 5) is 26.4. The van der Waals surface area contributed by atoms with Gasteiger partial charge in [0.05, 0.1) is 6.10 Å². The minimum absolute atomic E-state index is 0.0570. The highest BCUT2D eigenvalue weighted by molar-refractivity contribution is 7.99. The maximum absolute atomic E-state index is 9.82. The van der Waals surface area contributed by atoms with Gasteiger partial charge in [-0.25, -0.2) is 0 Å². The van der Waals surface area contributed by atoms with Gasteiger partial charge in [-0.1, -0.05) is 30.3 Å². The zero-order valence-electron chi connectivity index (χ0n) is 9.49. The van der Waals surface area contributed by atoms with Crippen molar-refractivity contribution in [1.29, 1.82) is 0 Å². The van der Waals surface area contributed by atoms with Crippen molar-refractivity contribution >= 4 is 20.6 Å². The lowest BCUT2D eigenvalue weighted by atomic mass is 10.1. The first kappa shape index (κ1) is 14.7. The number of hydrogen-bond donors (Lipinski definition) is 4. The summed E-state index contributed by atoms with van der Waals surface area (Å²) in [6, 6.07) is 9.47. The summed E-state index contributed by atoms with van der Waals surface area (Å²) in [7, 11) is -3.87. The second-order valence-electron chi connectivity index (χ2n) is 3.88. The Kier molecular flexibility index (Phi) is 6.18. The summed E-state index contributed by atoms with van der Waals surface area (Å²) < 4.78 is 0. The fourth-order valence-electron chi connectivity index (χ4n) is 1.38. The molecule has 1 rings (SSSR count). The molecule has 0 saturated heterocycles. The highest BCUT2D eigenvalue weighted by atomic mass is 32.2. The smallest absolute Gasteiger partial charge is 0.390 e. The van der Waals surface area contributed by atoms with E-state index in [1.165, 1.54) is 11.8 Å². The van der Waals surface area contributed by atoms with Crippen LogP contribution in [0.25, 0.3) is 0 Å². The van der Waals surface area contributed by atoms with E-state index in [0.29, 0.717) is 17.9 Å². The maximum Gasteiger partial charge on any atom is 0.492 e. The predicted octanol–water partition coefficient (Wildman–Crippen LogP) is 0.759. The van der Waals surface area contributed by atoms with Gasteiger partial charge in [-0.3, -0.25) is 0 Å². The largest absolute Gasteiger partial charge is 0.492 e. The van der Waals surface area contributed by atoms with Gasteiger partial charge in [-0.05, 0) is 17.7 Å². The van der Waals surface area contributed by atoms with E-state index >= 15 is 0 Å². The molecule has 6 heteroatoms. The third-order valence-electron chi connectivity index (χ3n) is 2.26. The monoisotopic (exact) mass is 274 g/mol. The van der Waals surface area contributed by atoms with Crippen LogP contribution in [0.2, 0.25) is 6.04 Å². The fraction of sp³-hybridized carbons (Fsp3) is 0.455. The minimum atomic E-state index is -3.87. The first-order valence-corrected chi connectivity index (χ1v) is 8.67. The molecule has 1 aromatic carbocycles. The van der Waals surface area contributed by atoms with Crippen LogP contribution in [-0.4, -0.2) is 39.8 Å². The quantitative estimate of drug-likeness (QED) is 0.436. The normalized spacial score (nSPS) is 13.6. The Hall–Kier alpha value is -0.373. The van der Waals surface area contributed by atoms with Gasteiger partial charge in [0.2, 0.25) is 0 Å². The molecule has 0 aromatic heterocycles. The number of benzene rings is 1. The third-order valence-corrected chi connectivity index (χ3v) is 4.41. The Balaban J connectivity index is 2.15. The van der Waals surface area contributed by atoms with Crippen LogP contribution < -0.4 is 0 Å². The Morgan fingerprint density at radius 2 is 1.76 bits per heavy atom. The summed E-state index contributed by atoms with van der Waals surface area (Å²) in [5, 5.41) is 9.82.